The van der Waals surface area contributed by atoms with E-state index in [1.165, 1.54) is 12.1 Å². The average molecular weight is 252 g/mol. The van der Waals surface area contributed by atoms with Crippen LogP contribution < -0.4 is 0 Å². The maximum Gasteiger partial charge on any atom is 0.185 e. The molecule has 2 rings (SSSR count). The van der Waals surface area contributed by atoms with Crippen molar-refractivity contribution in [1.82, 2.24) is 0 Å². The maximum atomic E-state index is 12.0. The molecule has 1 N–H and O–H groups in total. The van der Waals surface area contributed by atoms with E-state index in [0.717, 1.165) is 16.7 Å². The van der Waals surface area contributed by atoms with Crippen LogP contribution in [0.3, 0.4) is 0 Å². The Morgan fingerprint density at radius 2 is 1.89 bits per heavy atom. The first-order valence-corrected chi connectivity index (χ1v) is 6.15. The lowest BCUT2D eigenvalue weighted by Gasteiger charge is -2.02. The van der Waals surface area contributed by atoms with Gasteiger partial charge in [-0.3, -0.25) is 4.79 Å². The number of carbonyl (C=O) groups excluding carboxylic acids is 1. The maximum absolute atomic E-state index is 12.0. The van der Waals surface area contributed by atoms with Crippen LogP contribution in [0.1, 0.15) is 27.0 Å². The van der Waals surface area contributed by atoms with E-state index in [1.807, 2.05) is 38.1 Å². The first kappa shape index (κ1) is 13.1. The highest BCUT2D eigenvalue weighted by molar-refractivity contribution is 6.07. The number of phenols is 1. The highest BCUT2D eigenvalue weighted by Crippen LogP contribution is 2.15. The normalized spacial score (nSPS) is 10.8. The Hall–Kier alpha value is -2.35. The predicted molar refractivity (Wildman–Crippen MR) is 77.4 cm³/mol. The summed E-state index contributed by atoms with van der Waals surface area (Å²) in [6.07, 6.45) is 3.35. The minimum Gasteiger partial charge on any atom is -0.508 e. The fourth-order valence-corrected chi connectivity index (χ4v) is 1.86. The van der Waals surface area contributed by atoms with Gasteiger partial charge in [-0.1, -0.05) is 42.0 Å². The molecule has 19 heavy (non-hydrogen) atoms. The third kappa shape index (κ3) is 3.32. The number of benzene rings is 2. The molecule has 2 heteroatoms. The molecule has 0 radical (unpaired) electrons. The van der Waals surface area contributed by atoms with Gasteiger partial charge in [-0.05, 0) is 43.2 Å². The van der Waals surface area contributed by atoms with Gasteiger partial charge in [0, 0.05) is 5.56 Å². The minimum absolute atomic E-state index is 0.103. The molecule has 0 heterocycles. The third-order valence-electron chi connectivity index (χ3n) is 2.98. The molecule has 0 amide bonds. The van der Waals surface area contributed by atoms with Crippen molar-refractivity contribution < 1.29 is 9.90 Å². The van der Waals surface area contributed by atoms with E-state index in [0.29, 0.717) is 5.56 Å². The highest BCUT2D eigenvalue weighted by Gasteiger charge is 2.02. The van der Waals surface area contributed by atoms with Crippen molar-refractivity contribution in [2.75, 3.05) is 0 Å². The Bertz CT molecular complexity index is 639. The van der Waals surface area contributed by atoms with E-state index in [2.05, 4.69) is 0 Å². The van der Waals surface area contributed by atoms with Crippen molar-refractivity contribution in [3.05, 3.63) is 70.8 Å². The van der Waals surface area contributed by atoms with Gasteiger partial charge in [-0.2, -0.15) is 0 Å². The van der Waals surface area contributed by atoms with Crippen LogP contribution in [-0.2, 0) is 0 Å². The van der Waals surface area contributed by atoms with Crippen LogP contribution in [-0.4, -0.2) is 10.9 Å². The van der Waals surface area contributed by atoms with Crippen LogP contribution in [0.4, 0.5) is 0 Å². The highest BCUT2D eigenvalue weighted by atomic mass is 16.3. The number of aryl methyl sites for hydroxylation is 2. The standard InChI is InChI=1S/C17H16O2/c1-12-6-7-13(2)14(10-12)8-9-17(19)15-4-3-5-16(18)11-15/h3-11,18H,1-2H3. The van der Waals surface area contributed by atoms with Gasteiger partial charge >= 0.3 is 0 Å². The van der Waals surface area contributed by atoms with Crippen LogP contribution in [0.5, 0.6) is 5.75 Å². The number of allylic oxidation sites excluding steroid dienone is 1. The summed E-state index contributed by atoms with van der Waals surface area (Å²) in [5.41, 5.74) is 3.82. The van der Waals surface area contributed by atoms with Gasteiger partial charge < -0.3 is 5.11 Å². The Morgan fingerprint density at radius 3 is 2.63 bits per heavy atom. The zero-order valence-electron chi connectivity index (χ0n) is 11.1. The lowest BCUT2D eigenvalue weighted by molar-refractivity contribution is 0.104. The quantitative estimate of drug-likeness (QED) is 0.664. The van der Waals surface area contributed by atoms with Crippen molar-refractivity contribution in [1.29, 1.82) is 0 Å². The molecule has 0 atom stereocenters. The van der Waals surface area contributed by atoms with Crippen molar-refractivity contribution in [3.8, 4) is 5.75 Å². The SMILES string of the molecule is Cc1ccc(C)c(C=CC(=O)c2cccc(O)c2)c1. The van der Waals surface area contributed by atoms with Crippen molar-refractivity contribution in [3.63, 3.8) is 0 Å². The van der Waals surface area contributed by atoms with E-state index in [4.69, 9.17) is 0 Å². The Morgan fingerprint density at radius 1 is 1.11 bits per heavy atom. The van der Waals surface area contributed by atoms with Crippen molar-refractivity contribution in [2.24, 2.45) is 0 Å². The molecule has 0 fully saturated rings. The van der Waals surface area contributed by atoms with Gasteiger partial charge in [-0.25, -0.2) is 0 Å². The minimum atomic E-state index is -0.114. The molecule has 2 aromatic carbocycles. The van der Waals surface area contributed by atoms with Crippen molar-refractivity contribution in [2.45, 2.75) is 13.8 Å². The molecule has 2 nitrogen and oxygen atoms in total. The molecule has 0 aliphatic heterocycles. The van der Waals surface area contributed by atoms with Crippen LogP contribution in [0, 0.1) is 13.8 Å². The lowest BCUT2D eigenvalue weighted by Crippen LogP contribution is -1.93. The number of hydrogen-bond donors (Lipinski definition) is 1. The second kappa shape index (κ2) is 5.53. The van der Waals surface area contributed by atoms with Gasteiger partial charge in [0.2, 0.25) is 0 Å². The molecule has 0 unspecified atom stereocenters. The molecule has 0 aliphatic carbocycles. The largest absolute Gasteiger partial charge is 0.508 e. The smallest absolute Gasteiger partial charge is 0.185 e. The molecule has 0 saturated heterocycles. The summed E-state index contributed by atoms with van der Waals surface area (Å²) in [5, 5.41) is 9.35. The van der Waals surface area contributed by atoms with E-state index in [9.17, 15) is 9.90 Å². The molecular formula is C17H16O2. The number of phenolic OH excluding ortho intramolecular Hbond substituents is 1. The van der Waals surface area contributed by atoms with E-state index < -0.39 is 0 Å². The number of aromatic hydroxyl groups is 1. The molecule has 0 aliphatic rings. The Balaban J connectivity index is 2.23. The Labute approximate surface area is 113 Å². The summed E-state index contributed by atoms with van der Waals surface area (Å²) in [5.74, 6) is -0.0113. The number of rotatable bonds is 3. The van der Waals surface area contributed by atoms with E-state index >= 15 is 0 Å². The van der Waals surface area contributed by atoms with E-state index in [-0.39, 0.29) is 11.5 Å². The first-order valence-electron chi connectivity index (χ1n) is 6.15. The van der Waals surface area contributed by atoms with Crippen LogP contribution in [0.15, 0.2) is 48.5 Å². The fourth-order valence-electron chi connectivity index (χ4n) is 1.86. The molecule has 0 spiro atoms. The molecule has 96 valence electrons. The summed E-state index contributed by atoms with van der Waals surface area (Å²) < 4.78 is 0. The molecule has 0 saturated carbocycles. The summed E-state index contributed by atoms with van der Waals surface area (Å²) in [6, 6.07) is 12.5. The summed E-state index contributed by atoms with van der Waals surface area (Å²) >= 11 is 0. The first-order chi connectivity index (χ1) is 9.06. The third-order valence-corrected chi connectivity index (χ3v) is 2.98. The molecule has 2 aromatic rings. The van der Waals surface area contributed by atoms with Gasteiger partial charge in [0.05, 0.1) is 0 Å². The van der Waals surface area contributed by atoms with Gasteiger partial charge in [0.1, 0.15) is 5.75 Å². The van der Waals surface area contributed by atoms with Gasteiger partial charge in [0.15, 0.2) is 5.78 Å². The van der Waals surface area contributed by atoms with Crippen molar-refractivity contribution >= 4 is 11.9 Å². The zero-order chi connectivity index (χ0) is 13.8. The topological polar surface area (TPSA) is 37.3 Å². The second-order valence-corrected chi connectivity index (χ2v) is 4.61. The molecule has 0 bridgehead atoms. The number of carbonyl (C=O) groups is 1. The lowest BCUT2D eigenvalue weighted by atomic mass is 10.0. The molecular weight excluding hydrogens is 236 g/mol. The number of ketones is 1. The summed E-state index contributed by atoms with van der Waals surface area (Å²) in [7, 11) is 0. The summed E-state index contributed by atoms with van der Waals surface area (Å²) in [4.78, 5) is 12.0. The summed E-state index contributed by atoms with van der Waals surface area (Å²) in [6.45, 7) is 4.03. The van der Waals surface area contributed by atoms with Crippen LogP contribution in [0.2, 0.25) is 0 Å². The monoisotopic (exact) mass is 252 g/mol. The van der Waals surface area contributed by atoms with Gasteiger partial charge in [0.25, 0.3) is 0 Å². The Kier molecular flexibility index (Phi) is 3.81. The van der Waals surface area contributed by atoms with Crippen LogP contribution in [0.25, 0.3) is 6.08 Å². The average Bonchev–Trinajstić information content (AvgIpc) is 2.39. The fraction of sp³-hybridized carbons (Fsp3) is 0.118. The second-order valence-electron chi connectivity index (χ2n) is 4.61. The zero-order valence-corrected chi connectivity index (χ0v) is 11.1. The number of hydrogen-bond acceptors (Lipinski definition) is 2. The van der Waals surface area contributed by atoms with Crippen LogP contribution >= 0.6 is 0 Å². The van der Waals surface area contributed by atoms with Gasteiger partial charge in [-0.15, -0.1) is 0 Å². The molecule has 0 aromatic heterocycles. The van der Waals surface area contributed by atoms with E-state index in [1.54, 1.807) is 18.2 Å². The predicted octanol–water partition coefficient (Wildman–Crippen LogP) is 3.91.